The summed E-state index contributed by atoms with van der Waals surface area (Å²) in [5.74, 6) is 0.0753. The summed E-state index contributed by atoms with van der Waals surface area (Å²) in [6, 6.07) is 13.4. The van der Waals surface area contributed by atoms with E-state index in [2.05, 4.69) is 10.1 Å². The van der Waals surface area contributed by atoms with E-state index in [0.29, 0.717) is 48.1 Å². The molecule has 0 radical (unpaired) electrons. The number of hydrogen-bond donors (Lipinski definition) is 0. The Hall–Kier alpha value is -3.52. The van der Waals surface area contributed by atoms with Gasteiger partial charge in [0.1, 0.15) is 17.0 Å². The number of hydrogen-bond acceptors (Lipinski definition) is 5. The van der Waals surface area contributed by atoms with Crippen LogP contribution in [-0.2, 0) is 0 Å². The molecule has 32 heavy (non-hydrogen) atoms. The molecule has 0 N–H and O–H groups in total. The quantitative estimate of drug-likeness (QED) is 0.465. The van der Waals surface area contributed by atoms with Crippen molar-refractivity contribution in [2.75, 3.05) is 13.1 Å². The number of amides is 1. The van der Waals surface area contributed by atoms with Crippen LogP contribution >= 0.6 is 11.6 Å². The van der Waals surface area contributed by atoms with E-state index in [1.165, 1.54) is 36.4 Å². The standard InChI is InChI=1S/C23H18ClFN4O3/c24-15-1-7-20-19(13-15)26-22(32-20)14-9-11-28(12-10-14)23(31)18-6-8-21(30)29(27-18)17-4-2-16(25)3-5-17/h1-8,13-14H,9-12H2. The molecule has 1 aliphatic heterocycles. The van der Waals surface area contributed by atoms with E-state index in [9.17, 15) is 14.0 Å². The van der Waals surface area contributed by atoms with Crippen LogP contribution in [0.5, 0.6) is 0 Å². The molecular weight excluding hydrogens is 435 g/mol. The number of halogens is 2. The van der Waals surface area contributed by atoms with Gasteiger partial charge in [0, 0.05) is 30.1 Å². The molecule has 2 aromatic heterocycles. The maximum atomic E-state index is 13.2. The number of likely N-dealkylation sites (tertiary alicyclic amines) is 1. The Morgan fingerprint density at radius 1 is 1.06 bits per heavy atom. The molecule has 1 amide bonds. The van der Waals surface area contributed by atoms with Crippen molar-refractivity contribution < 1.29 is 13.6 Å². The molecule has 162 valence electrons. The highest BCUT2D eigenvalue weighted by Gasteiger charge is 2.28. The number of carbonyl (C=O) groups excluding carboxylic acids is 1. The topological polar surface area (TPSA) is 81.2 Å². The zero-order valence-corrected chi connectivity index (χ0v) is 17.6. The third-order valence-electron chi connectivity index (χ3n) is 5.59. The molecule has 1 aliphatic rings. The molecule has 5 rings (SSSR count). The number of piperidine rings is 1. The van der Waals surface area contributed by atoms with Gasteiger partial charge < -0.3 is 9.32 Å². The molecule has 0 bridgehead atoms. The molecule has 7 nitrogen and oxygen atoms in total. The normalized spacial score (nSPS) is 14.8. The van der Waals surface area contributed by atoms with Crippen LogP contribution in [0.1, 0.15) is 35.1 Å². The lowest BCUT2D eigenvalue weighted by molar-refractivity contribution is 0.0698. The van der Waals surface area contributed by atoms with Crippen molar-refractivity contribution in [3.8, 4) is 5.69 Å². The highest BCUT2D eigenvalue weighted by Crippen LogP contribution is 2.31. The molecule has 0 atom stereocenters. The van der Waals surface area contributed by atoms with Gasteiger partial charge >= 0.3 is 0 Å². The van der Waals surface area contributed by atoms with Crippen LogP contribution in [0.4, 0.5) is 4.39 Å². The van der Waals surface area contributed by atoms with Gasteiger partial charge in [-0.2, -0.15) is 9.78 Å². The van der Waals surface area contributed by atoms with Gasteiger partial charge in [0.2, 0.25) is 0 Å². The molecule has 0 aliphatic carbocycles. The van der Waals surface area contributed by atoms with E-state index in [1.807, 2.05) is 0 Å². The molecule has 4 aromatic rings. The maximum absolute atomic E-state index is 13.2. The number of nitrogens with zero attached hydrogens (tertiary/aromatic N) is 4. The lowest BCUT2D eigenvalue weighted by Gasteiger charge is -2.30. The highest BCUT2D eigenvalue weighted by molar-refractivity contribution is 6.31. The van der Waals surface area contributed by atoms with Gasteiger partial charge in [-0.3, -0.25) is 9.59 Å². The Bertz CT molecular complexity index is 1360. The lowest BCUT2D eigenvalue weighted by Crippen LogP contribution is -2.39. The Kier molecular flexibility index (Phi) is 5.22. The Balaban J connectivity index is 1.31. The number of benzene rings is 2. The van der Waals surface area contributed by atoms with Crippen molar-refractivity contribution in [1.82, 2.24) is 19.7 Å². The first-order valence-electron chi connectivity index (χ1n) is 10.2. The van der Waals surface area contributed by atoms with E-state index in [4.69, 9.17) is 16.0 Å². The fourth-order valence-corrected chi connectivity index (χ4v) is 4.04. The zero-order valence-electron chi connectivity index (χ0n) is 16.9. The first kappa shape index (κ1) is 20.4. The Morgan fingerprint density at radius 3 is 2.56 bits per heavy atom. The van der Waals surface area contributed by atoms with Crippen molar-refractivity contribution in [3.05, 3.63) is 87.4 Å². The molecule has 0 unspecified atom stereocenters. The minimum atomic E-state index is -0.418. The van der Waals surface area contributed by atoms with Crippen molar-refractivity contribution in [2.24, 2.45) is 0 Å². The van der Waals surface area contributed by atoms with Gasteiger partial charge in [-0.15, -0.1) is 0 Å². The summed E-state index contributed by atoms with van der Waals surface area (Å²) in [4.78, 5) is 31.5. The molecule has 2 aromatic carbocycles. The Labute approximate surface area is 187 Å². The molecule has 9 heteroatoms. The number of rotatable bonds is 3. The fraction of sp³-hybridized carbons (Fsp3) is 0.217. The van der Waals surface area contributed by atoms with Crippen molar-refractivity contribution in [3.63, 3.8) is 0 Å². The van der Waals surface area contributed by atoms with Crippen molar-refractivity contribution in [1.29, 1.82) is 0 Å². The molecule has 0 spiro atoms. The number of aromatic nitrogens is 3. The van der Waals surface area contributed by atoms with E-state index < -0.39 is 11.4 Å². The van der Waals surface area contributed by atoms with Gasteiger partial charge in [-0.05, 0) is 61.4 Å². The van der Waals surface area contributed by atoms with Crippen LogP contribution in [0.2, 0.25) is 5.02 Å². The van der Waals surface area contributed by atoms with E-state index >= 15 is 0 Å². The third-order valence-corrected chi connectivity index (χ3v) is 5.82. The minimum absolute atomic E-state index is 0.103. The van der Waals surface area contributed by atoms with Gasteiger partial charge in [0.25, 0.3) is 11.5 Å². The highest BCUT2D eigenvalue weighted by atomic mass is 35.5. The SMILES string of the molecule is O=C(c1ccc(=O)n(-c2ccc(F)cc2)n1)N1CCC(c2nc3cc(Cl)ccc3o2)CC1. The molecular formula is C23H18ClFN4O3. The predicted molar refractivity (Wildman–Crippen MR) is 117 cm³/mol. The average molecular weight is 453 g/mol. The van der Waals surface area contributed by atoms with Crippen LogP contribution in [0.15, 0.2) is 63.8 Å². The fourth-order valence-electron chi connectivity index (χ4n) is 3.88. The number of oxazole rings is 1. The van der Waals surface area contributed by atoms with E-state index in [1.54, 1.807) is 23.1 Å². The summed E-state index contributed by atoms with van der Waals surface area (Å²) in [7, 11) is 0. The number of fused-ring (bicyclic) bond motifs is 1. The maximum Gasteiger partial charge on any atom is 0.274 e. The van der Waals surface area contributed by atoms with Crippen LogP contribution in [0.3, 0.4) is 0 Å². The van der Waals surface area contributed by atoms with Crippen LogP contribution < -0.4 is 5.56 Å². The monoisotopic (exact) mass is 452 g/mol. The second-order valence-corrected chi connectivity index (χ2v) is 8.11. The second kappa shape index (κ2) is 8.20. The summed E-state index contributed by atoms with van der Waals surface area (Å²) >= 11 is 6.02. The van der Waals surface area contributed by atoms with Crippen LogP contribution in [-0.4, -0.2) is 38.7 Å². The summed E-state index contributed by atoms with van der Waals surface area (Å²) in [6.07, 6.45) is 1.40. The first-order chi connectivity index (χ1) is 15.5. The average Bonchev–Trinajstić information content (AvgIpc) is 3.23. The van der Waals surface area contributed by atoms with Gasteiger partial charge in [-0.25, -0.2) is 9.37 Å². The summed E-state index contributed by atoms with van der Waals surface area (Å²) in [6.45, 7) is 1.03. The summed E-state index contributed by atoms with van der Waals surface area (Å²) in [5.41, 5.74) is 1.56. The van der Waals surface area contributed by atoms with Crippen LogP contribution in [0.25, 0.3) is 16.8 Å². The van der Waals surface area contributed by atoms with Crippen molar-refractivity contribution >= 4 is 28.6 Å². The largest absolute Gasteiger partial charge is 0.440 e. The van der Waals surface area contributed by atoms with E-state index in [-0.39, 0.29) is 17.5 Å². The van der Waals surface area contributed by atoms with Gasteiger partial charge in [-0.1, -0.05) is 11.6 Å². The van der Waals surface area contributed by atoms with Crippen LogP contribution in [0, 0.1) is 5.82 Å². The summed E-state index contributed by atoms with van der Waals surface area (Å²) < 4.78 is 20.2. The smallest absolute Gasteiger partial charge is 0.274 e. The molecule has 1 fully saturated rings. The minimum Gasteiger partial charge on any atom is -0.440 e. The zero-order chi connectivity index (χ0) is 22.2. The van der Waals surface area contributed by atoms with E-state index in [0.717, 1.165) is 10.2 Å². The molecule has 0 saturated carbocycles. The Morgan fingerprint density at radius 2 is 1.81 bits per heavy atom. The van der Waals surface area contributed by atoms with Crippen molar-refractivity contribution in [2.45, 2.75) is 18.8 Å². The molecule has 3 heterocycles. The lowest BCUT2D eigenvalue weighted by atomic mass is 9.96. The summed E-state index contributed by atoms with van der Waals surface area (Å²) in [5, 5.41) is 4.81. The number of carbonyl (C=O) groups is 1. The third kappa shape index (κ3) is 3.89. The molecule has 1 saturated heterocycles. The first-order valence-corrected chi connectivity index (χ1v) is 10.6. The van der Waals surface area contributed by atoms with Gasteiger partial charge in [0.05, 0.1) is 5.69 Å². The van der Waals surface area contributed by atoms with Gasteiger partial charge in [0.15, 0.2) is 11.5 Å². The predicted octanol–water partition coefficient (Wildman–Crippen LogP) is 4.19. The second-order valence-electron chi connectivity index (χ2n) is 7.68.